The summed E-state index contributed by atoms with van der Waals surface area (Å²) in [5.41, 5.74) is 1.32. The average Bonchev–Trinajstić information content (AvgIpc) is 3.46. The molecule has 2 aromatic heterocycles. The molecule has 0 fully saturated rings. The van der Waals surface area contributed by atoms with Gasteiger partial charge in [-0.2, -0.15) is 0 Å². The molecule has 7 nitrogen and oxygen atoms in total. The van der Waals surface area contributed by atoms with E-state index in [4.69, 9.17) is 0 Å². The second-order valence-corrected chi connectivity index (χ2v) is 11.0. The summed E-state index contributed by atoms with van der Waals surface area (Å²) >= 11 is 2.84. The van der Waals surface area contributed by atoms with Crippen LogP contribution >= 0.6 is 22.7 Å². The Morgan fingerprint density at radius 1 is 1.03 bits per heavy atom. The normalized spacial score (nSPS) is 12.1. The van der Waals surface area contributed by atoms with E-state index in [1.807, 2.05) is 69.5 Å². The van der Waals surface area contributed by atoms with Crippen LogP contribution in [-0.2, 0) is 20.9 Å². The summed E-state index contributed by atoms with van der Waals surface area (Å²) in [6, 6.07) is 10.7. The summed E-state index contributed by atoms with van der Waals surface area (Å²) in [6.45, 7) is 7.98. The van der Waals surface area contributed by atoms with Gasteiger partial charge in [-0.15, -0.1) is 22.7 Å². The van der Waals surface area contributed by atoms with Gasteiger partial charge in [0.25, 0.3) is 0 Å². The van der Waals surface area contributed by atoms with Crippen LogP contribution in [0.5, 0.6) is 0 Å². The highest BCUT2D eigenvalue weighted by Gasteiger charge is 2.33. The predicted octanol–water partition coefficient (Wildman–Crippen LogP) is 4.92. The van der Waals surface area contributed by atoms with Crippen LogP contribution < -0.4 is 10.6 Å². The molecule has 0 radical (unpaired) electrons. The van der Waals surface area contributed by atoms with Crippen LogP contribution in [-0.4, -0.2) is 33.1 Å². The Hall–Kier alpha value is -3.04. The molecule has 0 saturated heterocycles. The van der Waals surface area contributed by atoms with Crippen LogP contribution in [0, 0.1) is 6.92 Å². The smallest absolute Gasteiger partial charge is 0.247 e. The van der Waals surface area contributed by atoms with Gasteiger partial charge in [-0.1, -0.05) is 35.9 Å². The summed E-state index contributed by atoms with van der Waals surface area (Å²) < 4.78 is 0. The maximum atomic E-state index is 13.5. The molecule has 0 saturated carbocycles. The molecule has 1 aromatic carbocycles. The highest BCUT2D eigenvalue weighted by molar-refractivity contribution is 7.13. The number of nitrogens with zero attached hydrogens (tertiary/aromatic N) is 2. The van der Waals surface area contributed by atoms with Crippen LogP contribution in [0.3, 0.4) is 0 Å². The van der Waals surface area contributed by atoms with Crippen molar-refractivity contribution in [3.05, 3.63) is 69.4 Å². The van der Waals surface area contributed by atoms with E-state index >= 15 is 0 Å². The molecule has 9 heteroatoms. The lowest BCUT2D eigenvalue weighted by atomic mass is 10.00. The molecule has 34 heavy (non-hydrogen) atoms. The largest absolute Gasteiger partial charge is 0.349 e. The fourth-order valence-electron chi connectivity index (χ4n) is 3.38. The second-order valence-electron chi connectivity index (χ2n) is 9.04. The average molecular weight is 499 g/mol. The van der Waals surface area contributed by atoms with Gasteiger partial charge in [-0.05, 0) is 44.7 Å². The zero-order valence-electron chi connectivity index (χ0n) is 19.8. The number of anilines is 1. The molecule has 0 bridgehead atoms. The lowest BCUT2D eigenvalue weighted by Gasteiger charge is -2.33. The van der Waals surface area contributed by atoms with Gasteiger partial charge in [0.15, 0.2) is 5.13 Å². The molecular formula is C25H30N4O3S2. The van der Waals surface area contributed by atoms with Gasteiger partial charge in [0.05, 0.1) is 6.54 Å². The predicted molar refractivity (Wildman–Crippen MR) is 137 cm³/mol. The number of carbonyl (C=O) groups excluding carboxylic acids is 3. The van der Waals surface area contributed by atoms with E-state index in [0.717, 1.165) is 16.0 Å². The van der Waals surface area contributed by atoms with E-state index in [0.29, 0.717) is 5.13 Å². The van der Waals surface area contributed by atoms with E-state index in [1.165, 1.54) is 22.7 Å². The topological polar surface area (TPSA) is 91.4 Å². The molecule has 0 aliphatic carbocycles. The number of thiazole rings is 1. The van der Waals surface area contributed by atoms with E-state index in [9.17, 15) is 14.4 Å². The third-order valence-corrected chi connectivity index (χ3v) is 6.47. The number of hydrogen-bond acceptors (Lipinski definition) is 6. The number of aryl methyl sites for hydroxylation is 1. The van der Waals surface area contributed by atoms with E-state index in [1.54, 1.807) is 16.5 Å². The number of amides is 3. The standard InChI is InChI=1S/C25H30N4O3S2/c1-17-7-9-18(10-8-17)22(23(32)28-25(2,3)4)29(16-19-6-5-14-33-19)21(31)12-11-20(30)27-24-26-13-15-34-24/h5-10,13-15,22H,11-12,16H2,1-4H3,(H,28,32)(H,26,27,30)/t22-/m0/s1. The first kappa shape index (κ1) is 25.6. The molecule has 1 atom stereocenters. The molecule has 2 heterocycles. The molecular weight excluding hydrogens is 468 g/mol. The Morgan fingerprint density at radius 3 is 2.35 bits per heavy atom. The zero-order valence-corrected chi connectivity index (χ0v) is 21.5. The fraction of sp³-hybridized carbons (Fsp3) is 0.360. The molecule has 0 spiro atoms. The van der Waals surface area contributed by atoms with Crippen molar-refractivity contribution in [2.24, 2.45) is 0 Å². The van der Waals surface area contributed by atoms with Gasteiger partial charge in [0.1, 0.15) is 6.04 Å². The molecule has 3 rings (SSSR count). The SMILES string of the molecule is Cc1ccc([C@@H](C(=O)NC(C)(C)C)N(Cc2cccs2)C(=O)CCC(=O)Nc2nccs2)cc1. The van der Waals surface area contributed by atoms with E-state index in [-0.39, 0.29) is 37.1 Å². The van der Waals surface area contributed by atoms with Crippen LogP contribution in [0.15, 0.2) is 53.4 Å². The molecule has 0 unspecified atom stereocenters. The Kier molecular flexibility index (Phi) is 8.57. The highest BCUT2D eigenvalue weighted by atomic mass is 32.1. The van der Waals surface area contributed by atoms with Crippen molar-refractivity contribution in [1.82, 2.24) is 15.2 Å². The molecule has 0 aliphatic rings. The van der Waals surface area contributed by atoms with Crippen molar-refractivity contribution in [2.45, 2.75) is 58.7 Å². The monoisotopic (exact) mass is 498 g/mol. The lowest BCUT2D eigenvalue weighted by Crippen LogP contribution is -2.49. The Bertz CT molecular complexity index is 1090. The number of aromatic nitrogens is 1. The third-order valence-electron chi connectivity index (χ3n) is 4.92. The third kappa shape index (κ3) is 7.50. The summed E-state index contributed by atoms with van der Waals surface area (Å²) in [5, 5.41) is 9.93. The molecule has 3 amide bonds. The lowest BCUT2D eigenvalue weighted by molar-refractivity contribution is -0.142. The molecule has 3 aromatic rings. The second kappa shape index (κ2) is 11.4. The first-order valence-corrected chi connectivity index (χ1v) is 12.8. The van der Waals surface area contributed by atoms with Crippen molar-refractivity contribution < 1.29 is 14.4 Å². The summed E-state index contributed by atoms with van der Waals surface area (Å²) in [7, 11) is 0. The van der Waals surface area contributed by atoms with Crippen LogP contribution in [0.1, 0.15) is 55.7 Å². The van der Waals surface area contributed by atoms with Crippen molar-refractivity contribution in [1.29, 1.82) is 0 Å². The fourth-order valence-corrected chi connectivity index (χ4v) is 4.63. The number of benzene rings is 1. The Morgan fingerprint density at radius 2 is 1.76 bits per heavy atom. The first-order valence-electron chi connectivity index (χ1n) is 11.0. The van der Waals surface area contributed by atoms with Crippen LogP contribution in [0.25, 0.3) is 0 Å². The number of nitrogens with one attached hydrogen (secondary N) is 2. The molecule has 0 aliphatic heterocycles. The van der Waals surface area contributed by atoms with Crippen molar-refractivity contribution in [2.75, 3.05) is 5.32 Å². The minimum atomic E-state index is -0.823. The maximum Gasteiger partial charge on any atom is 0.247 e. The van der Waals surface area contributed by atoms with Gasteiger partial charge in [-0.25, -0.2) is 4.98 Å². The number of hydrogen-bond donors (Lipinski definition) is 2. The minimum absolute atomic E-state index is 0.000855. The number of carbonyl (C=O) groups is 3. The molecule has 180 valence electrons. The summed E-state index contributed by atoms with van der Waals surface area (Å²) in [5.74, 6) is -0.809. The van der Waals surface area contributed by atoms with Crippen molar-refractivity contribution >= 4 is 45.5 Å². The van der Waals surface area contributed by atoms with Gasteiger partial charge in [0.2, 0.25) is 17.7 Å². The number of rotatable bonds is 9. The van der Waals surface area contributed by atoms with Gasteiger partial charge < -0.3 is 15.5 Å². The van der Waals surface area contributed by atoms with Gasteiger partial charge in [0, 0.05) is 34.8 Å². The first-order chi connectivity index (χ1) is 16.1. The highest BCUT2D eigenvalue weighted by Crippen LogP contribution is 2.27. The van der Waals surface area contributed by atoms with Crippen LogP contribution in [0.2, 0.25) is 0 Å². The zero-order chi connectivity index (χ0) is 24.7. The van der Waals surface area contributed by atoms with Gasteiger partial charge >= 0.3 is 0 Å². The van der Waals surface area contributed by atoms with Crippen molar-refractivity contribution in [3.8, 4) is 0 Å². The minimum Gasteiger partial charge on any atom is -0.349 e. The van der Waals surface area contributed by atoms with Crippen molar-refractivity contribution in [3.63, 3.8) is 0 Å². The Labute approximate surface area is 208 Å². The summed E-state index contributed by atoms with van der Waals surface area (Å²) in [6.07, 6.45) is 1.59. The number of thiophene rings is 1. The van der Waals surface area contributed by atoms with E-state index in [2.05, 4.69) is 15.6 Å². The maximum absolute atomic E-state index is 13.5. The van der Waals surface area contributed by atoms with Gasteiger partial charge in [-0.3, -0.25) is 14.4 Å². The van der Waals surface area contributed by atoms with E-state index < -0.39 is 11.6 Å². The van der Waals surface area contributed by atoms with Crippen LogP contribution in [0.4, 0.5) is 5.13 Å². The Balaban J connectivity index is 1.87. The molecule has 2 N–H and O–H groups in total. The summed E-state index contributed by atoms with van der Waals surface area (Å²) in [4.78, 5) is 45.9. The quantitative estimate of drug-likeness (QED) is 0.438.